The van der Waals surface area contributed by atoms with Crippen LogP contribution in [0.4, 0.5) is 0 Å². The van der Waals surface area contributed by atoms with Crippen LogP contribution in [0, 0.1) is 11.3 Å². The Morgan fingerprint density at radius 3 is 2.69 bits per heavy atom. The van der Waals surface area contributed by atoms with Crippen LogP contribution in [0.5, 0.6) is 0 Å². The number of benzene rings is 1. The second-order valence-electron chi connectivity index (χ2n) is 7.14. The van der Waals surface area contributed by atoms with E-state index in [-0.39, 0.29) is 10.7 Å². The van der Waals surface area contributed by atoms with Crippen LogP contribution in [0.15, 0.2) is 34.2 Å². The molecule has 1 aromatic carbocycles. The maximum absolute atomic E-state index is 12.4. The van der Waals surface area contributed by atoms with Crippen LogP contribution in [0.3, 0.4) is 0 Å². The summed E-state index contributed by atoms with van der Waals surface area (Å²) in [5, 5.41) is 12.1. The van der Waals surface area contributed by atoms with E-state index in [0.717, 1.165) is 19.3 Å². The lowest BCUT2D eigenvalue weighted by atomic mass is 9.83. The predicted molar refractivity (Wildman–Crippen MR) is 103 cm³/mol. The van der Waals surface area contributed by atoms with Crippen LogP contribution in [0.1, 0.15) is 44.6 Å². The number of nitrogens with one attached hydrogen (secondary N) is 2. The lowest BCUT2D eigenvalue weighted by Gasteiger charge is -2.32. The lowest BCUT2D eigenvalue weighted by molar-refractivity contribution is -0.154. The molecular formula is C19H22N4O5S. The van der Waals surface area contributed by atoms with Gasteiger partial charge in [0.25, 0.3) is 15.9 Å². The second-order valence-corrected chi connectivity index (χ2v) is 8.79. The van der Waals surface area contributed by atoms with Gasteiger partial charge in [0.05, 0.1) is 11.0 Å². The fraction of sp³-hybridized carbons (Fsp3) is 0.474. The SMILES string of the molecule is C[C@H](OC(=O)CN=C1NS(=O)(=O)c2ccccc21)C(=O)NC1(C#N)CCCCC1. The van der Waals surface area contributed by atoms with Gasteiger partial charge in [-0.1, -0.05) is 31.4 Å². The van der Waals surface area contributed by atoms with Gasteiger partial charge >= 0.3 is 5.97 Å². The molecule has 0 aromatic heterocycles. The molecule has 1 aliphatic carbocycles. The molecule has 0 saturated heterocycles. The molecule has 9 nitrogen and oxygen atoms in total. The van der Waals surface area contributed by atoms with E-state index < -0.39 is 40.1 Å². The van der Waals surface area contributed by atoms with Crippen molar-refractivity contribution in [1.29, 1.82) is 5.26 Å². The summed E-state index contributed by atoms with van der Waals surface area (Å²) in [6.07, 6.45) is 2.79. The number of fused-ring (bicyclic) bond motifs is 1. The van der Waals surface area contributed by atoms with Crippen LogP contribution < -0.4 is 10.0 Å². The molecule has 3 rings (SSSR count). The fourth-order valence-electron chi connectivity index (χ4n) is 3.44. The number of nitriles is 1. The summed E-state index contributed by atoms with van der Waals surface area (Å²) in [6, 6.07) is 8.46. The number of carbonyl (C=O) groups is 2. The van der Waals surface area contributed by atoms with Gasteiger partial charge in [-0.3, -0.25) is 19.3 Å². The molecule has 2 aliphatic rings. The number of ether oxygens (including phenoxy) is 1. The van der Waals surface area contributed by atoms with E-state index in [0.29, 0.717) is 18.4 Å². The van der Waals surface area contributed by atoms with Gasteiger partial charge < -0.3 is 10.1 Å². The Kier molecular flexibility index (Phi) is 5.88. The fourth-order valence-corrected chi connectivity index (χ4v) is 4.69. The molecule has 1 aromatic rings. The summed E-state index contributed by atoms with van der Waals surface area (Å²) in [6.45, 7) is 0.967. The quantitative estimate of drug-likeness (QED) is 0.684. The molecule has 1 fully saturated rings. The number of rotatable bonds is 5. The van der Waals surface area contributed by atoms with Crippen molar-refractivity contribution in [3.8, 4) is 6.07 Å². The van der Waals surface area contributed by atoms with Gasteiger partial charge in [-0.2, -0.15) is 5.26 Å². The second kappa shape index (κ2) is 8.21. The Bertz CT molecular complexity index is 990. The summed E-state index contributed by atoms with van der Waals surface area (Å²) >= 11 is 0. The van der Waals surface area contributed by atoms with Crippen LogP contribution in [0.25, 0.3) is 0 Å². The van der Waals surface area contributed by atoms with Gasteiger partial charge in [0.1, 0.15) is 17.9 Å². The van der Waals surface area contributed by atoms with Crippen LogP contribution >= 0.6 is 0 Å². The van der Waals surface area contributed by atoms with Crippen molar-refractivity contribution in [2.45, 2.75) is 55.6 Å². The maximum Gasteiger partial charge on any atom is 0.328 e. The molecule has 1 heterocycles. The monoisotopic (exact) mass is 418 g/mol. The molecule has 0 radical (unpaired) electrons. The molecule has 1 amide bonds. The third-order valence-electron chi connectivity index (χ3n) is 4.99. The summed E-state index contributed by atoms with van der Waals surface area (Å²) in [5.74, 6) is -1.26. The highest BCUT2D eigenvalue weighted by molar-refractivity contribution is 7.90. The first kappa shape index (κ1) is 20.8. The average molecular weight is 418 g/mol. The standard InChI is InChI=1S/C19H22N4O5S/c1-13(18(25)22-19(12-20)9-5-2-6-10-19)28-16(24)11-21-17-14-7-3-4-8-15(14)29(26,27)23-17/h3-4,7-8,13H,2,5-6,9-11H2,1H3,(H,21,23)(H,22,25)/t13-/m0/s1. The Hall–Kier alpha value is -2.93. The maximum atomic E-state index is 12.4. The number of esters is 1. The van der Waals surface area contributed by atoms with Crippen LogP contribution in [0.2, 0.25) is 0 Å². The van der Waals surface area contributed by atoms with Crippen molar-refractivity contribution >= 4 is 27.7 Å². The molecule has 1 atom stereocenters. The lowest BCUT2D eigenvalue weighted by Crippen LogP contribution is -2.52. The minimum atomic E-state index is -3.69. The van der Waals surface area contributed by atoms with E-state index in [1.54, 1.807) is 18.2 Å². The highest BCUT2D eigenvalue weighted by Gasteiger charge is 2.35. The van der Waals surface area contributed by atoms with Crippen molar-refractivity contribution in [2.24, 2.45) is 4.99 Å². The van der Waals surface area contributed by atoms with E-state index in [2.05, 4.69) is 21.1 Å². The van der Waals surface area contributed by atoms with Gasteiger partial charge in [-0.25, -0.2) is 8.42 Å². The van der Waals surface area contributed by atoms with Crippen molar-refractivity contribution in [3.05, 3.63) is 29.8 Å². The number of sulfonamides is 1. The summed E-state index contributed by atoms with van der Waals surface area (Å²) in [7, 11) is -3.69. The predicted octanol–water partition coefficient (Wildman–Crippen LogP) is 0.999. The molecular weight excluding hydrogens is 396 g/mol. The Morgan fingerprint density at radius 1 is 1.31 bits per heavy atom. The Balaban J connectivity index is 1.59. The highest BCUT2D eigenvalue weighted by atomic mass is 32.2. The normalized spacial score (nSPS) is 21.3. The molecule has 0 unspecified atom stereocenters. The van der Waals surface area contributed by atoms with E-state index in [1.807, 2.05) is 0 Å². The number of nitrogens with zero attached hydrogens (tertiary/aromatic N) is 2. The minimum Gasteiger partial charge on any atom is -0.451 e. The number of hydrogen-bond donors (Lipinski definition) is 2. The van der Waals surface area contributed by atoms with Crippen molar-refractivity contribution in [2.75, 3.05) is 6.54 Å². The van der Waals surface area contributed by atoms with Gasteiger partial charge in [-0.15, -0.1) is 0 Å². The third-order valence-corrected chi connectivity index (χ3v) is 6.39. The molecule has 1 aliphatic heterocycles. The zero-order valence-corrected chi connectivity index (χ0v) is 16.8. The smallest absolute Gasteiger partial charge is 0.328 e. The Labute approximate surface area is 169 Å². The first-order chi connectivity index (χ1) is 13.8. The van der Waals surface area contributed by atoms with Crippen LogP contribution in [-0.4, -0.2) is 44.3 Å². The van der Waals surface area contributed by atoms with Crippen molar-refractivity contribution < 1.29 is 22.7 Å². The summed E-state index contributed by atoms with van der Waals surface area (Å²) in [5.41, 5.74) is -0.540. The first-order valence-electron chi connectivity index (χ1n) is 9.36. The Morgan fingerprint density at radius 2 is 2.00 bits per heavy atom. The van der Waals surface area contributed by atoms with E-state index >= 15 is 0 Å². The van der Waals surface area contributed by atoms with E-state index in [9.17, 15) is 23.3 Å². The van der Waals surface area contributed by atoms with Crippen molar-refractivity contribution in [3.63, 3.8) is 0 Å². The third kappa shape index (κ3) is 4.56. The summed E-state index contributed by atoms with van der Waals surface area (Å²) in [4.78, 5) is 28.5. The van der Waals surface area contributed by atoms with Gasteiger partial charge in [0, 0.05) is 5.56 Å². The van der Waals surface area contributed by atoms with Gasteiger partial charge in [-0.05, 0) is 31.9 Å². The summed E-state index contributed by atoms with van der Waals surface area (Å²) < 4.78 is 31.5. The number of carbonyl (C=O) groups excluding carboxylic acids is 2. The average Bonchev–Trinajstić information content (AvgIpc) is 2.97. The van der Waals surface area contributed by atoms with Gasteiger partial charge in [0.2, 0.25) is 0 Å². The molecule has 2 N–H and O–H groups in total. The van der Waals surface area contributed by atoms with Crippen molar-refractivity contribution in [1.82, 2.24) is 10.0 Å². The topological polar surface area (TPSA) is 138 Å². The molecule has 10 heteroatoms. The molecule has 154 valence electrons. The zero-order chi connectivity index (χ0) is 21.1. The minimum absolute atomic E-state index is 0.0558. The van der Waals surface area contributed by atoms with E-state index in [4.69, 9.17) is 4.74 Å². The highest BCUT2D eigenvalue weighted by Crippen LogP contribution is 2.27. The molecule has 0 spiro atoms. The molecule has 29 heavy (non-hydrogen) atoms. The zero-order valence-electron chi connectivity index (χ0n) is 16.0. The molecule has 1 saturated carbocycles. The largest absolute Gasteiger partial charge is 0.451 e. The molecule has 0 bridgehead atoms. The van der Waals surface area contributed by atoms with E-state index in [1.165, 1.54) is 13.0 Å². The number of aliphatic imine (C=N–C) groups is 1. The number of hydrogen-bond acceptors (Lipinski definition) is 7. The van der Waals surface area contributed by atoms with Crippen LogP contribution in [-0.2, 0) is 24.3 Å². The number of amides is 1. The van der Waals surface area contributed by atoms with Gasteiger partial charge in [0.15, 0.2) is 6.10 Å². The first-order valence-corrected chi connectivity index (χ1v) is 10.8. The number of amidine groups is 1.